The third kappa shape index (κ3) is 5.10. The number of rotatable bonds is 7. The molecule has 3 aromatic rings. The van der Waals surface area contributed by atoms with Crippen LogP contribution in [0.4, 0.5) is 11.8 Å². The van der Waals surface area contributed by atoms with E-state index in [9.17, 15) is 8.76 Å². The molecule has 1 heterocycles. The summed E-state index contributed by atoms with van der Waals surface area (Å²) in [6.45, 7) is 4.61. The average molecular weight is 412 g/mol. The van der Waals surface area contributed by atoms with Gasteiger partial charge in [-0.1, -0.05) is 12.1 Å². The number of nitrogens with zero attached hydrogens (tertiary/aromatic N) is 2. The van der Waals surface area contributed by atoms with E-state index in [-0.39, 0.29) is 10.8 Å². The van der Waals surface area contributed by atoms with Crippen LogP contribution in [-0.2, 0) is 17.5 Å². The second-order valence-electron chi connectivity index (χ2n) is 6.69. The van der Waals surface area contributed by atoms with Crippen molar-refractivity contribution in [2.75, 3.05) is 24.7 Å². The van der Waals surface area contributed by atoms with Crippen LogP contribution >= 0.6 is 0 Å². The van der Waals surface area contributed by atoms with Gasteiger partial charge in [0.1, 0.15) is 11.6 Å². The number of anilines is 2. The van der Waals surface area contributed by atoms with Gasteiger partial charge in [-0.25, -0.2) is 4.98 Å². The van der Waals surface area contributed by atoms with Crippen LogP contribution < -0.4 is 15.8 Å². The first-order valence-corrected chi connectivity index (χ1v) is 10.2. The summed E-state index contributed by atoms with van der Waals surface area (Å²) in [6.07, 6.45) is 0.714. The number of nitrogens with two attached hydrogens (primary N) is 1. The van der Waals surface area contributed by atoms with Crippen LogP contribution in [0.15, 0.2) is 47.4 Å². The van der Waals surface area contributed by atoms with E-state index in [0.717, 1.165) is 33.7 Å². The number of nitrogen functional groups attached to an aromatic ring is 1. The summed E-state index contributed by atoms with van der Waals surface area (Å²) in [6, 6.07) is 12.7. The zero-order valence-electron chi connectivity index (χ0n) is 16.6. The molecular formula is C21H23N4O3S-. The molecule has 3 N–H and O–H groups in total. The van der Waals surface area contributed by atoms with Gasteiger partial charge in [-0.3, -0.25) is 4.21 Å². The van der Waals surface area contributed by atoms with E-state index in [1.165, 1.54) is 0 Å². The Labute approximate surface area is 172 Å². The highest BCUT2D eigenvalue weighted by molar-refractivity contribution is 7.79. The van der Waals surface area contributed by atoms with E-state index in [2.05, 4.69) is 15.3 Å². The molecule has 2 aromatic carbocycles. The Balaban J connectivity index is 1.74. The van der Waals surface area contributed by atoms with E-state index >= 15 is 0 Å². The maximum absolute atomic E-state index is 10.9. The zero-order chi connectivity index (χ0) is 21.0. The largest absolute Gasteiger partial charge is 0.768 e. The summed E-state index contributed by atoms with van der Waals surface area (Å²) in [5.41, 5.74) is 10.7. The van der Waals surface area contributed by atoms with Crippen molar-refractivity contribution < 1.29 is 13.5 Å². The van der Waals surface area contributed by atoms with Gasteiger partial charge in [-0.2, -0.15) is 4.98 Å². The predicted molar refractivity (Wildman–Crippen MR) is 114 cm³/mol. The van der Waals surface area contributed by atoms with Crippen molar-refractivity contribution in [2.24, 2.45) is 0 Å². The lowest BCUT2D eigenvalue weighted by Gasteiger charge is -2.13. The molecule has 0 saturated heterocycles. The standard InChI is InChI=1S/C21H24N4O3S/c1-13-11-19(28-3)14(2)10-17(13)18-12-20(25-21(22)24-18)23-9-8-15-4-6-16(7-5-15)29(26)27/h4-7,10-12H,8-9H2,1-3H3,(H,26,27)(H3,22,23,24,25)/p-1. The molecule has 0 aliphatic carbocycles. The lowest BCUT2D eigenvalue weighted by Crippen LogP contribution is -2.09. The fraction of sp³-hybridized carbons (Fsp3) is 0.238. The number of methoxy groups -OCH3 is 1. The molecule has 0 bridgehead atoms. The Morgan fingerprint density at radius 2 is 1.83 bits per heavy atom. The average Bonchev–Trinajstić information content (AvgIpc) is 2.69. The first kappa shape index (κ1) is 20.8. The number of ether oxygens (including phenoxy) is 1. The van der Waals surface area contributed by atoms with Crippen molar-refractivity contribution in [1.82, 2.24) is 9.97 Å². The van der Waals surface area contributed by atoms with Gasteiger partial charge in [0.2, 0.25) is 5.95 Å². The maximum Gasteiger partial charge on any atom is 0.222 e. The lowest BCUT2D eigenvalue weighted by atomic mass is 10.0. The number of nitrogens with one attached hydrogen (secondary N) is 1. The molecule has 1 atom stereocenters. The molecule has 29 heavy (non-hydrogen) atoms. The number of hydrogen-bond acceptors (Lipinski definition) is 7. The van der Waals surface area contributed by atoms with Crippen molar-refractivity contribution in [3.05, 3.63) is 59.2 Å². The molecule has 1 aromatic heterocycles. The summed E-state index contributed by atoms with van der Waals surface area (Å²) in [5.74, 6) is 1.66. The van der Waals surface area contributed by atoms with Crippen LogP contribution in [0.2, 0.25) is 0 Å². The molecule has 0 fully saturated rings. The third-order valence-corrected chi connectivity index (χ3v) is 5.25. The second kappa shape index (κ2) is 9.02. The fourth-order valence-electron chi connectivity index (χ4n) is 3.08. The highest BCUT2D eigenvalue weighted by Gasteiger charge is 2.11. The van der Waals surface area contributed by atoms with Crippen LogP contribution in [0.1, 0.15) is 16.7 Å². The third-order valence-electron chi connectivity index (χ3n) is 4.60. The van der Waals surface area contributed by atoms with Crippen LogP contribution in [0.25, 0.3) is 11.3 Å². The maximum atomic E-state index is 10.9. The molecule has 3 rings (SSSR count). The summed E-state index contributed by atoms with van der Waals surface area (Å²) in [7, 11) is 1.65. The molecule has 152 valence electrons. The van der Waals surface area contributed by atoms with Crippen LogP contribution in [0.3, 0.4) is 0 Å². The quantitative estimate of drug-likeness (QED) is 0.574. The van der Waals surface area contributed by atoms with E-state index in [1.54, 1.807) is 31.4 Å². The van der Waals surface area contributed by atoms with Gasteiger partial charge in [0.15, 0.2) is 0 Å². The molecule has 0 aliphatic heterocycles. The Kier molecular flexibility index (Phi) is 6.46. The highest BCUT2D eigenvalue weighted by Crippen LogP contribution is 2.30. The van der Waals surface area contributed by atoms with Crippen molar-refractivity contribution >= 4 is 22.8 Å². The first-order valence-electron chi connectivity index (χ1n) is 9.09. The molecule has 0 saturated carbocycles. The summed E-state index contributed by atoms with van der Waals surface area (Å²) in [5, 5.41) is 3.26. The molecular weight excluding hydrogens is 388 g/mol. The molecule has 1 unspecified atom stereocenters. The Morgan fingerprint density at radius 1 is 1.10 bits per heavy atom. The minimum atomic E-state index is -2.21. The van der Waals surface area contributed by atoms with E-state index in [4.69, 9.17) is 10.5 Å². The topological polar surface area (TPSA) is 113 Å². The first-order chi connectivity index (χ1) is 13.9. The van der Waals surface area contributed by atoms with Gasteiger partial charge in [0.05, 0.1) is 12.8 Å². The van der Waals surface area contributed by atoms with Gasteiger partial charge < -0.3 is 20.3 Å². The predicted octanol–water partition coefficient (Wildman–Crippen LogP) is 3.24. The number of hydrogen-bond donors (Lipinski definition) is 2. The number of aromatic nitrogens is 2. The monoisotopic (exact) mass is 411 g/mol. The van der Waals surface area contributed by atoms with E-state index in [1.807, 2.05) is 32.0 Å². The molecule has 0 amide bonds. The van der Waals surface area contributed by atoms with Gasteiger partial charge in [0.25, 0.3) is 0 Å². The van der Waals surface area contributed by atoms with Crippen molar-refractivity contribution in [3.8, 4) is 17.0 Å². The van der Waals surface area contributed by atoms with Gasteiger partial charge in [0, 0.05) is 23.1 Å². The van der Waals surface area contributed by atoms with Crippen LogP contribution in [0.5, 0.6) is 5.75 Å². The van der Waals surface area contributed by atoms with Gasteiger partial charge in [-0.15, -0.1) is 0 Å². The minimum Gasteiger partial charge on any atom is -0.768 e. The number of aryl methyl sites for hydroxylation is 2. The Bertz CT molecular complexity index is 1040. The molecule has 7 nitrogen and oxygen atoms in total. The summed E-state index contributed by atoms with van der Waals surface area (Å²) >= 11 is -2.21. The SMILES string of the molecule is COc1cc(C)c(-c2cc(NCCc3ccc(S(=O)[O-])cc3)nc(N)n2)cc1C. The smallest absolute Gasteiger partial charge is 0.222 e. The van der Waals surface area contributed by atoms with Gasteiger partial charge in [-0.05, 0) is 72.3 Å². The molecule has 0 spiro atoms. The lowest BCUT2D eigenvalue weighted by molar-refractivity contribution is 0.411. The van der Waals surface area contributed by atoms with E-state index < -0.39 is 11.1 Å². The van der Waals surface area contributed by atoms with E-state index in [0.29, 0.717) is 18.8 Å². The van der Waals surface area contributed by atoms with Crippen LogP contribution in [-0.4, -0.2) is 32.4 Å². The normalized spacial score (nSPS) is 11.9. The fourth-order valence-corrected chi connectivity index (χ4v) is 3.44. The zero-order valence-corrected chi connectivity index (χ0v) is 17.4. The Morgan fingerprint density at radius 3 is 2.48 bits per heavy atom. The van der Waals surface area contributed by atoms with Crippen LogP contribution in [0, 0.1) is 13.8 Å². The van der Waals surface area contributed by atoms with Crippen molar-refractivity contribution in [3.63, 3.8) is 0 Å². The Hall–Kier alpha value is -2.97. The van der Waals surface area contributed by atoms with Crippen molar-refractivity contribution in [1.29, 1.82) is 0 Å². The number of benzene rings is 2. The summed E-state index contributed by atoms with van der Waals surface area (Å²) in [4.78, 5) is 8.92. The molecule has 0 aliphatic rings. The van der Waals surface area contributed by atoms with Gasteiger partial charge >= 0.3 is 0 Å². The second-order valence-corrected chi connectivity index (χ2v) is 7.63. The van der Waals surface area contributed by atoms with Crippen molar-refractivity contribution in [2.45, 2.75) is 25.2 Å². The summed E-state index contributed by atoms with van der Waals surface area (Å²) < 4.78 is 27.2. The minimum absolute atomic E-state index is 0.195. The molecule has 8 heteroatoms. The molecule has 0 radical (unpaired) electrons. The highest BCUT2D eigenvalue weighted by atomic mass is 32.2.